The molecule has 0 bridgehead atoms. The van der Waals surface area contributed by atoms with Crippen LogP contribution in [0.1, 0.15) is 11.1 Å². The van der Waals surface area contributed by atoms with E-state index in [4.69, 9.17) is 5.73 Å². The van der Waals surface area contributed by atoms with E-state index in [0.29, 0.717) is 6.54 Å². The van der Waals surface area contributed by atoms with Gasteiger partial charge in [-0.15, -0.1) is 0 Å². The summed E-state index contributed by atoms with van der Waals surface area (Å²) >= 11 is 3.40. The Labute approximate surface area is 131 Å². The molecule has 0 saturated heterocycles. The summed E-state index contributed by atoms with van der Waals surface area (Å²) in [7, 11) is 1.98. The second-order valence-electron chi connectivity index (χ2n) is 4.95. The van der Waals surface area contributed by atoms with Gasteiger partial charge in [-0.2, -0.15) is 0 Å². The summed E-state index contributed by atoms with van der Waals surface area (Å²) in [6, 6.07) is 13.0. The third kappa shape index (κ3) is 4.27. The molecule has 2 N–H and O–H groups in total. The van der Waals surface area contributed by atoms with Crippen LogP contribution in [0.3, 0.4) is 0 Å². The van der Waals surface area contributed by atoms with Crippen LogP contribution in [-0.4, -0.2) is 16.9 Å². The molecule has 21 heavy (non-hydrogen) atoms. The highest BCUT2D eigenvalue weighted by Crippen LogP contribution is 2.23. The van der Waals surface area contributed by atoms with Crippen molar-refractivity contribution in [2.24, 2.45) is 0 Å². The first-order chi connectivity index (χ1) is 9.95. The third-order valence-corrected chi connectivity index (χ3v) is 3.64. The average molecular weight is 350 g/mol. The Hall–Kier alpha value is -1.92. The molecule has 0 aliphatic rings. The molecule has 2 rings (SSSR count). The maximum Gasteiger partial charge on any atom is 0.292 e. The van der Waals surface area contributed by atoms with E-state index in [1.807, 2.05) is 37.4 Å². The molecule has 6 heteroatoms. The number of hydrogen-bond donors (Lipinski definition) is 1. The normalized spacial score (nSPS) is 10.8. The van der Waals surface area contributed by atoms with Gasteiger partial charge in [0.2, 0.25) is 0 Å². The predicted octanol–water partition coefficient (Wildman–Crippen LogP) is 3.57. The number of nitro groups is 1. The molecule has 0 spiro atoms. The Morgan fingerprint density at radius 3 is 2.33 bits per heavy atom. The molecule has 110 valence electrons. The van der Waals surface area contributed by atoms with Gasteiger partial charge in [0.15, 0.2) is 0 Å². The molecule has 0 saturated carbocycles. The maximum atomic E-state index is 10.9. The lowest BCUT2D eigenvalue weighted by atomic mass is 10.1. The fourth-order valence-electron chi connectivity index (χ4n) is 2.11. The first-order valence-electron chi connectivity index (χ1n) is 6.41. The molecule has 0 fully saturated rings. The van der Waals surface area contributed by atoms with Crippen LogP contribution in [0.2, 0.25) is 0 Å². The van der Waals surface area contributed by atoms with Crippen molar-refractivity contribution in [2.75, 3.05) is 12.8 Å². The van der Waals surface area contributed by atoms with Gasteiger partial charge in [0.1, 0.15) is 5.69 Å². The van der Waals surface area contributed by atoms with Crippen LogP contribution in [0.5, 0.6) is 0 Å². The largest absolute Gasteiger partial charge is 0.393 e. The summed E-state index contributed by atoms with van der Waals surface area (Å²) < 4.78 is 1.04. The maximum absolute atomic E-state index is 10.9. The lowest BCUT2D eigenvalue weighted by Crippen LogP contribution is -2.17. The SMILES string of the molecule is CN(Cc1ccc(Br)cc1)Cc1ccc(N)c([N+](=O)[O-])c1. The summed E-state index contributed by atoms with van der Waals surface area (Å²) in [5.74, 6) is 0. The van der Waals surface area contributed by atoms with Crippen molar-refractivity contribution in [3.8, 4) is 0 Å². The lowest BCUT2D eigenvalue weighted by Gasteiger charge is -2.17. The van der Waals surface area contributed by atoms with Crippen molar-refractivity contribution in [2.45, 2.75) is 13.1 Å². The van der Waals surface area contributed by atoms with E-state index in [2.05, 4.69) is 20.8 Å². The van der Waals surface area contributed by atoms with Crippen molar-refractivity contribution in [3.63, 3.8) is 0 Å². The van der Waals surface area contributed by atoms with E-state index in [0.717, 1.165) is 16.6 Å². The van der Waals surface area contributed by atoms with Gasteiger partial charge in [-0.25, -0.2) is 0 Å². The highest BCUT2D eigenvalue weighted by atomic mass is 79.9. The number of nitrogen functional groups attached to an aromatic ring is 1. The summed E-state index contributed by atoms with van der Waals surface area (Å²) in [5, 5.41) is 10.9. The summed E-state index contributed by atoms with van der Waals surface area (Å²) in [6.45, 7) is 1.39. The van der Waals surface area contributed by atoms with Gasteiger partial charge < -0.3 is 5.73 Å². The fourth-order valence-corrected chi connectivity index (χ4v) is 2.38. The van der Waals surface area contributed by atoms with Crippen molar-refractivity contribution in [1.29, 1.82) is 0 Å². The lowest BCUT2D eigenvalue weighted by molar-refractivity contribution is -0.384. The van der Waals surface area contributed by atoms with Crippen LogP contribution >= 0.6 is 15.9 Å². The molecule has 2 aromatic carbocycles. The van der Waals surface area contributed by atoms with E-state index in [1.165, 1.54) is 11.6 Å². The van der Waals surface area contributed by atoms with Crippen LogP contribution in [0, 0.1) is 10.1 Å². The van der Waals surface area contributed by atoms with Crippen LogP contribution in [-0.2, 0) is 13.1 Å². The van der Waals surface area contributed by atoms with Gasteiger partial charge in [-0.05, 0) is 36.4 Å². The molecule has 0 amide bonds. The molecule has 0 aromatic heterocycles. The fraction of sp³-hybridized carbons (Fsp3) is 0.200. The zero-order chi connectivity index (χ0) is 15.4. The molecule has 0 aliphatic heterocycles. The molecule has 0 atom stereocenters. The Balaban J connectivity index is 2.05. The van der Waals surface area contributed by atoms with Crippen LogP contribution in [0.15, 0.2) is 46.9 Å². The molecule has 5 nitrogen and oxygen atoms in total. The van der Waals surface area contributed by atoms with Crippen LogP contribution < -0.4 is 5.73 Å². The van der Waals surface area contributed by atoms with Gasteiger partial charge in [0, 0.05) is 23.6 Å². The Morgan fingerprint density at radius 1 is 1.14 bits per heavy atom. The van der Waals surface area contributed by atoms with E-state index in [9.17, 15) is 10.1 Å². The molecule has 2 aromatic rings. The topological polar surface area (TPSA) is 72.4 Å². The number of anilines is 1. The standard InChI is InChI=1S/C15H16BrN3O2/c1-18(9-11-2-5-13(16)6-3-11)10-12-4-7-14(17)15(8-12)19(20)21/h2-8H,9-10,17H2,1H3. The summed E-state index contributed by atoms with van der Waals surface area (Å²) in [4.78, 5) is 12.5. The second-order valence-corrected chi connectivity index (χ2v) is 5.86. The predicted molar refractivity (Wildman–Crippen MR) is 86.8 cm³/mol. The van der Waals surface area contributed by atoms with E-state index in [1.54, 1.807) is 6.07 Å². The Bertz CT molecular complexity index is 644. The monoisotopic (exact) mass is 349 g/mol. The van der Waals surface area contributed by atoms with Gasteiger partial charge >= 0.3 is 0 Å². The Morgan fingerprint density at radius 2 is 1.71 bits per heavy atom. The zero-order valence-corrected chi connectivity index (χ0v) is 13.2. The van der Waals surface area contributed by atoms with Crippen LogP contribution in [0.25, 0.3) is 0 Å². The van der Waals surface area contributed by atoms with E-state index < -0.39 is 4.92 Å². The number of rotatable bonds is 5. The summed E-state index contributed by atoms with van der Waals surface area (Å²) in [6.07, 6.45) is 0. The van der Waals surface area contributed by atoms with Crippen molar-refractivity contribution in [3.05, 3.63) is 68.2 Å². The first kappa shape index (κ1) is 15.5. The van der Waals surface area contributed by atoms with Crippen LogP contribution in [0.4, 0.5) is 11.4 Å². The minimum absolute atomic E-state index is 0.0375. The minimum Gasteiger partial charge on any atom is -0.393 e. The highest BCUT2D eigenvalue weighted by molar-refractivity contribution is 9.10. The highest BCUT2D eigenvalue weighted by Gasteiger charge is 2.12. The van der Waals surface area contributed by atoms with Gasteiger partial charge in [0.05, 0.1) is 4.92 Å². The third-order valence-electron chi connectivity index (χ3n) is 3.11. The molecule has 0 heterocycles. The number of benzene rings is 2. The summed E-state index contributed by atoms with van der Waals surface area (Å²) in [5.41, 5.74) is 7.81. The van der Waals surface area contributed by atoms with Crippen molar-refractivity contribution >= 4 is 27.3 Å². The second kappa shape index (κ2) is 6.69. The number of hydrogen-bond acceptors (Lipinski definition) is 4. The number of nitrogens with two attached hydrogens (primary N) is 1. The number of halogens is 1. The molecule has 0 unspecified atom stereocenters. The van der Waals surface area contributed by atoms with Gasteiger partial charge in [-0.1, -0.05) is 34.1 Å². The minimum atomic E-state index is -0.451. The van der Waals surface area contributed by atoms with Crippen molar-refractivity contribution < 1.29 is 4.92 Å². The quantitative estimate of drug-likeness (QED) is 0.508. The molecule has 0 aliphatic carbocycles. The van der Waals surface area contributed by atoms with Gasteiger partial charge in [0.25, 0.3) is 5.69 Å². The zero-order valence-electron chi connectivity index (χ0n) is 11.6. The smallest absolute Gasteiger partial charge is 0.292 e. The molecule has 0 radical (unpaired) electrons. The molecular formula is C15H16BrN3O2. The van der Waals surface area contributed by atoms with Crippen molar-refractivity contribution in [1.82, 2.24) is 4.90 Å². The molecular weight excluding hydrogens is 334 g/mol. The van der Waals surface area contributed by atoms with Gasteiger partial charge in [-0.3, -0.25) is 15.0 Å². The number of nitro benzene ring substituents is 1. The average Bonchev–Trinajstić information content (AvgIpc) is 2.43. The first-order valence-corrected chi connectivity index (χ1v) is 7.21. The van der Waals surface area contributed by atoms with E-state index >= 15 is 0 Å². The Kier molecular flexibility index (Phi) is 4.93. The number of nitrogens with zero attached hydrogens (tertiary/aromatic N) is 2. The van der Waals surface area contributed by atoms with E-state index in [-0.39, 0.29) is 11.4 Å².